The largest absolute Gasteiger partial charge is 0.417 e. The number of nitrogens with zero attached hydrogens (tertiary/aromatic N) is 4. The quantitative estimate of drug-likeness (QED) is 0.330. The minimum Gasteiger partial charge on any atom is -0.352 e. The number of rotatable bonds is 4. The Labute approximate surface area is 231 Å². The molecule has 6 nitrogen and oxygen atoms in total. The molecule has 1 amide bonds. The lowest BCUT2D eigenvalue weighted by Gasteiger charge is -2.45. The lowest BCUT2D eigenvalue weighted by atomic mass is 9.99. The van der Waals surface area contributed by atoms with Crippen LogP contribution in [0.2, 0.25) is 5.02 Å². The molecule has 38 heavy (non-hydrogen) atoms. The molecule has 2 aliphatic rings. The second-order valence-corrected chi connectivity index (χ2v) is 12.0. The number of piperazine rings is 1. The van der Waals surface area contributed by atoms with Crippen molar-refractivity contribution >= 4 is 57.3 Å². The van der Waals surface area contributed by atoms with E-state index in [9.17, 15) is 22.8 Å². The van der Waals surface area contributed by atoms with Crippen molar-refractivity contribution in [3.8, 4) is 10.4 Å². The second kappa shape index (κ2) is 9.91. The van der Waals surface area contributed by atoms with Crippen LogP contribution >= 0.6 is 34.7 Å². The van der Waals surface area contributed by atoms with Gasteiger partial charge in [0.25, 0.3) is 0 Å². The number of carbonyl (C=O) groups is 1. The van der Waals surface area contributed by atoms with E-state index in [0.29, 0.717) is 45.6 Å². The summed E-state index contributed by atoms with van der Waals surface area (Å²) in [7, 11) is 0. The van der Waals surface area contributed by atoms with Crippen LogP contribution in [-0.4, -0.2) is 51.3 Å². The molecule has 202 valence electrons. The van der Waals surface area contributed by atoms with Gasteiger partial charge >= 0.3 is 11.9 Å². The van der Waals surface area contributed by atoms with Crippen LogP contribution in [-0.2, 0) is 11.0 Å². The van der Waals surface area contributed by atoms with Crippen LogP contribution in [0, 0.1) is 0 Å². The highest BCUT2D eigenvalue weighted by Crippen LogP contribution is 2.51. The zero-order valence-electron chi connectivity index (χ0n) is 21.0. The summed E-state index contributed by atoms with van der Waals surface area (Å²) in [4.78, 5) is 34.6. The van der Waals surface area contributed by atoms with Crippen molar-refractivity contribution in [1.29, 1.82) is 0 Å². The van der Waals surface area contributed by atoms with Gasteiger partial charge in [-0.25, -0.2) is 4.79 Å². The fourth-order valence-electron chi connectivity index (χ4n) is 5.58. The summed E-state index contributed by atoms with van der Waals surface area (Å²) in [6, 6.07) is 1.96. The third-order valence-electron chi connectivity index (χ3n) is 7.17. The number of halogens is 4. The standard InChI is InChI=1S/C26H26ClF3N4O2S2/c1-5-16-12-38-23-21(19-7-15(27)11-37-19)18(26(28,29)30)8-17-22(23)34(16)25(36)31-24(17)32-9-13(3)33(14(4)10-32)20(35)6-2/h6-8,11,13-14,16H,2,5,9-10,12H2,1,3-4H3/t13-,14+,16?. The van der Waals surface area contributed by atoms with Crippen LogP contribution in [0.15, 0.2) is 39.9 Å². The Bertz CT molecular complexity index is 1490. The molecule has 0 spiro atoms. The number of aromatic nitrogens is 2. The molecule has 0 aliphatic carbocycles. The van der Waals surface area contributed by atoms with Gasteiger partial charge in [-0.2, -0.15) is 18.2 Å². The van der Waals surface area contributed by atoms with E-state index in [1.165, 1.54) is 23.9 Å². The summed E-state index contributed by atoms with van der Waals surface area (Å²) < 4.78 is 45.4. The number of thioether (sulfide) groups is 1. The number of amides is 1. The summed E-state index contributed by atoms with van der Waals surface area (Å²) in [5.74, 6) is 0.462. The number of anilines is 1. The molecule has 0 N–H and O–H groups in total. The van der Waals surface area contributed by atoms with Gasteiger partial charge in [0.1, 0.15) is 5.82 Å². The maximum Gasteiger partial charge on any atom is 0.417 e. The van der Waals surface area contributed by atoms with Crippen LogP contribution in [0.3, 0.4) is 0 Å². The molecule has 1 aromatic carbocycles. The van der Waals surface area contributed by atoms with Gasteiger partial charge in [-0.15, -0.1) is 23.1 Å². The van der Waals surface area contributed by atoms with Gasteiger partial charge in [0.05, 0.1) is 16.1 Å². The number of hydrogen-bond acceptors (Lipinski definition) is 6. The fraction of sp³-hybridized carbons (Fsp3) is 0.423. The molecule has 2 aliphatic heterocycles. The van der Waals surface area contributed by atoms with Crippen molar-refractivity contribution in [1.82, 2.24) is 14.5 Å². The number of alkyl halides is 3. The normalized spacial score (nSPS) is 21.7. The van der Waals surface area contributed by atoms with E-state index < -0.39 is 17.4 Å². The van der Waals surface area contributed by atoms with Crippen molar-refractivity contribution in [2.45, 2.75) is 56.4 Å². The molecule has 4 heterocycles. The van der Waals surface area contributed by atoms with E-state index in [1.807, 2.05) is 25.7 Å². The molecule has 1 unspecified atom stereocenters. The summed E-state index contributed by atoms with van der Waals surface area (Å²) >= 11 is 8.61. The molecule has 0 radical (unpaired) electrons. The Hall–Kier alpha value is -2.50. The first-order chi connectivity index (χ1) is 18.0. The van der Waals surface area contributed by atoms with Crippen molar-refractivity contribution in [2.75, 3.05) is 23.7 Å². The van der Waals surface area contributed by atoms with Gasteiger partial charge in [-0.3, -0.25) is 9.36 Å². The Morgan fingerprint density at radius 3 is 2.50 bits per heavy atom. The monoisotopic (exact) mass is 582 g/mol. The minimum absolute atomic E-state index is 0.0508. The maximum absolute atomic E-state index is 14.6. The first kappa shape index (κ1) is 27.1. The van der Waals surface area contributed by atoms with Crippen LogP contribution in [0.5, 0.6) is 0 Å². The van der Waals surface area contributed by atoms with Crippen molar-refractivity contribution < 1.29 is 18.0 Å². The minimum atomic E-state index is -4.65. The molecule has 3 atom stereocenters. The van der Waals surface area contributed by atoms with Gasteiger partial charge in [-0.05, 0) is 38.5 Å². The van der Waals surface area contributed by atoms with Crippen LogP contribution in [0.25, 0.3) is 21.3 Å². The summed E-state index contributed by atoms with van der Waals surface area (Å²) in [5.41, 5.74) is -0.744. The average Bonchev–Trinajstić information content (AvgIpc) is 3.29. The van der Waals surface area contributed by atoms with E-state index in [1.54, 1.807) is 14.8 Å². The molecule has 0 bridgehead atoms. The van der Waals surface area contributed by atoms with Gasteiger partial charge in [-0.1, -0.05) is 25.1 Å². The Morgan fingerprint density at radius 1 is 1.26 bits per heavy atom. The smallest absolute Gasteiger partial charge is 0.352 e. The summed E-state index contributed by atoms with van der Waals surface area (Å²) in [6.07, 6.45) is -2.75. The van der Waals surface area contributed by atoms with E-state index >= 15 is 0 Å². The van der Waals surface area contributed by atoms with Crippen LogP contribution < -0.4 is 10.6 Å². The molecule has 2 aromatic heterocycles. The highest BCUT2D eigenvalue weighted by atomic mass is 35.5. The first-order valence-electron chi connectivity index (χ1n) is 12.2. The number of thiophene rings is 1. The maximum atomic E-state index is 14.6. The van der Waals surface area contributed by atoms with Crippen LogP contribution in [0.1, 0.15) is 38.8 Å². The predicted molar refractivity (Wildman–Crippen MR) is 148 cm³/mol. The van der Waals surface area contributed by atoms with Gasteiger partial charge in [0.2, 0.25) is 5.91 Å². The highest BCUT2D eigenvalue weighted by molar-refractivity contribution is 7.99. The molecule has 5 rings (SSSR count). The SMILES string of the molecule is C=CC(=O)N1[C@H](C)CN(c2nc(=O)n3c4c(c(-c5cc(Cl)cs5)c(C(F)(F)F)cc24)SCC3CC)C[C@@H]1C. The van der Waals surface area contributed by atoms with Crippen molar-refractivity contribution in [2.24, 2.45) is 0 Å². The van der Waals surface area contributed by atoms with Gasteiger partial charge < -0.3 is 9.80 Å². The van der Waals surface area contributed by atoms with Crippen molar-refractivity contribution in [3.05, 3.63) is 51.2 Å². The molecular weight excluding hydrogens is 557 g/mol. The fourth-order valence-corrected chi connectivity index (χ4v) is 8.24. The third-order valence-corrected chi connectivity index (χ3v) is 9.70. The van der Waals surface area contributed by atoms with E-state index in [-0.39, 0.29) is 40.8 Å². The van der Waals surface area contributed by atoms with Crippen LogP contribution in [0.4, 0.5) is 19.0 Å². The first-order valence-corrected chi connectivity index (χ1v) is 14.5. The third kappa shape index (κ3) is 4.42. The molecule has 0 saturated carbocycles. The molecule has 3 aromatic rings. The zero-order valence-corrected chi connectivity index (χ0v) is 23.4. The molecule has 1 fully saturated rings. The number of carbonyl (C=O) groups excluding carboxylic acids is 1. The topological polar surface area (TPSA) is 58.4 Å². The van der Waals surface area contributed by atoms with E-state index in [0.717, 1.165) is 17.4 Å². The molecule has 12 heteroatoms. The Morgan fingerprint density at radius 2 is 1.95 bits per heavy atom. The lowest BCUT2D eigenvalue weighted by molar-refractivity contribution is -0.137. The van der Waals surface area contributed by atoms with Crippen molar-refractivity contribution in [3.63, 3.8) is 0 Å². The number of benzene rings is 1. The average molecular weight is 583 g/mol. The Balaban J connectivity index is 1.81. The summed E-state index contributed by atoms with van der Waals surface area (Å²) in [6.45, 7) is 9.89. The van der Waals surface area contributed by atoms with E-state index in [2.05, 4.69) is 11.6 Å². The molecular formula is C26H26ClF3N4O2S2. The predicted octanol–water partition coefficient (Wildman–Crippen LogP) is 6.47. The highest BCUT2D eigenvalue weighted by Gasteiger charge is 2.40. The Kier molecular flexibility index (Phi) is 7.06. The zero-order chi connectivity index (χ0) is 27.5. The second-order valence-electron chi connectivity index (χ2n) is 9.67. The van der Waals surface area contributed by atoms with E-state index in [4.69, 9.17) is 11.6 Å². The number of hydrogen-bond donors (Lipinski definition) is 0. The molecule has 1 saturated heterocycles. The lowest BCUT2D eigenvalue weighted by Crippen LogP contribution is -2.58. The van der Waals surface area contributed by atoms with Gasteiger partial charge in [0.15, 0.2) is 0 Å². The summed E-state index contributed by atoms with van der Waals surface area (Å²) in [5, 5.41) is 2.25. The van der Waals surface area contributed by atoms with Gasteiger partial charge in [0, 0.05) is 63.1 Å².